The smallest absolute Gasteiger partial charge is 0.379 e. The summed E-state index contributed by atoms with van der Waals surface area (Å²) in [7, 11) is 0. The summed E-state index contributed by atoms with van der Waals surface area (Å²) >= 11 is 3.23. The number of fused-ring (bicyclic) bond motifs is 1. The Hall–Kier alpha value is -1.56. The van der Waals surface area contributed by atoms with Gasteiger partial charge in [0.2, 0.25) is 6.79 Å². The highest BCUT2D eigenvalue weighted by Crippen LogP contribution is 2.38. The Balaban J connectivity index is 2.39. The highest BCUT2D eigenvalue weighted by molar-refractivity contribution is 9.10. The second-order valence-electron chi connectivity index (χ2n) is 3.24. The van der Waals surface area contributed by atoms with Crippen LogP contribution in [0.15, 0.2) is 16.6 Å². The van der Waals surface area contributed by atoms with Crippen molar-refractivity contribution in [2.45, 2.75) is 6.92 Å². The molecule has 0 amide bonds. The van der Waals surface area contributed by atoms with Gasteiger partial charge in [0.05, 0.1) is 12.2 Å². The van der Waals surface area contributed by atoms with E-state index in [4.69, 9.17) is 9.47 Å². The predicted octanol–water partition coefficient (Wildman–Crippen LogP) is 1.92. The minimum Gasteiger partial charge on any atom is -0.460 e. The van der Waals surface area contributed by atoms with Crippen molar-refractivity contribution in [3.8, 4) is 11.5 Å². The molecule has 0 bridgehead atoms. The average molecular weight is 301 g/mol. The molecule has 0 N–H and O–H groups in total. The fourth-order valence-corrected chi connectivity index (χ4v) is 1.89. The number of carbonyl (C=O) groups excluding carboxylic acids is 2. The molecule has 0 saturated carbocycles. The summed E-state index contributed by atoms with van der Waals surface area (Å²) in [6.45, 7) is 1.82. The van der Waals surface area contributed by atoms with E-state index >= 15 is 0 Å². The van der Waals surface area contributed by atoms with Crippen LogP contribution in [0.5, 0.6) is 11.5 Å². The van der Waals surface area contributed by atoms with E-state index in [-0.39, 0.29) is 24.7 Å². The van der Waals surface area contributed by atoms with Crippen molar-refractivity contribution < 1.29 is 23.8 Å². The lowest BCUT2D eigenvalue weighted by atomic mass is 10.1. The van der Waals surface area contributed by atoms with E-state index in [1.54, 1.807) is 13.0 Å². The number of rotatable bonds is 3. The van der Waals surface area contributed by atoms with Crippen LogP contribution in [0.4, 0.5) is 0 Å². The molecule has 0 radical (unpaired) electrons. The molecule has 0 aliphatic carbocycles. The Bertz CT molecular complexity index is 483. The summed E-state index contributed by atoms with van der Waals surface area (Å²) in [6.07, 6.45) is 0. The van der Waals surface area contributed by atoms with Gasteiger partial charge in [-0.3, -0.25) is 4.79 Å². The normalized spacial score (nSPS) is 12.4. The summed E-state index contributed by atoms with van der Waals surface area (Å²) in [4.78, 5) is 23.2. The van der Waals surface area contributed by atoms with Gasteiger partial charge in [-0.2, -0.15) is 0 Å². The van der Waals surface area contributed by atoms with Crippen molar-refractivity contribution in [1.82, 2.24) is 0 Å². The van der Waals surface area contributed by atoms with E-state index in [9.17, 15) is 9.59 Å². The molecule has 1 aliphatic rings. The van der Waals surface area contributed by atoms with Crippen LogP contribution in [0.1, 0.15) is 17.3 Å². The number of halogens is 1. The van der Waals surface area contributed by atoms with Gasteiger partial charge in [0, 0.05) is 4.47 Å². The zero-order chi connectivity index (χ0) is 12.4. The molecule has 2 rings (SSSR count). The maximum atomic E-state index is 11.8. The number of carbonyl (C=O) groups is 2. The van der Waals surface area contributed by atoms with Crippen LogP contribution < -0.4 is 9.47 Å². The number of Topliss-reactive ketones (excluding diaryl/α,β-unsaturated/α-hetero) is 1. The SMILES string of the molecule is CCOC(=O)C(=O)c1cc(Br)cc2c1OCO2. The maximum Gasteiger partial charge on any atom is 0.379 e. The van der Waals surface area contributed by atoms with Crippen molar-refractivity contribution in [2.24, 2.45) is 0 Å². The number of esters is 1. The summed E-state index contributed by atoms with van der Waals surface area (Å²) in [5.74, 6) is -0.920. The minimum atomic E-state index is -0.900. The molecular weight excluding hydrogens is 292 g/mol. The molecule has 0 saturated heterocycles. The minimum absolute atomic E-state index is 0.0366. The predicted molar refractivity (Wildman–Crippen MR) is 61.2 cm³/mol. The Labute approximate surface area is 106 Å². The van der Waals surface area contributed by atoms with Crippen molar-refractivity contribution in [3.63, 3.8) is 0 Å². The van der Waals surface area contributed by atoms with Gasteiger partial charge < -0.3 is 14.2 Å². The van der Waals surface area contributed by atoms with Gasteiger partial charge in [0.1, 0.15) is 0 Å². The standard InChI is InChI=1S/C11H9BrO5/c1-2-15-11(14)9(13)7-3-6(12)4-8-10(7)17-5-16-8/h3-4H,2,5H2,1H3. The number of hydrogen-bond donors (Lipinski definition) is 0. The lowest BCUT2D eigenvalue weighted by molar-refractivity contribution is -0.137. The molecule has 6 heteroatoms. The molecule has 1 aromatic rings. The van der Waals surface area contributed by atoms with E-state index in [1.807, 2.05) is 0 Å². The lowest BCUT2D eigenvalue weighted by Gasteiger charge is -2.05. The van der Waals surface area contributed by atoms with Gasteiger partial charge in [-0.25, -0.2) is 4.79 Å². The summed E-state index contributed by atoms with van der Waals surface area (Å²) < 4.78 is 15.6. The molecule has 0 fully saturated rings. The van der Waals surface area contributed by atoms with Crippen LogP contribution in [-0.4, -0.2) is 25.2 Å². The highest BCUT2D eigenvalue weighted by atomic mass is 79.9. The van der Waals surface area contributed by atoms with Gasteiger partial charge in [0.25, 0.3) is 5.78 Å². The third-order valence-corrected chi connectivity index (χ3v) is 2.60. The fourth-order valence-electron chi connectivity index (χ4n) is 1.45. The zero-order valence-electron chi connectivity index (χ0n) is 8.99. The molecule has 0 atom stereocenters. The molecule has 17 heavy (non-hydrogen) atoms. The monoisotopic (exact) mass is 300 g/mol. The van der Waals surface area contributed by atoms with Gasteiger partial charge in [-0.05, 0) is 19.1 Å². The van der Waals surface area contributed by atoms with Gasteiger partial charge >= 0.3 is 5.97 Å². The van der Waals surface area contributed by atoms with E-state index in [0.717, 1.165) is 0 Å². The van der Waals surface area contributed by atoms with Crippen molar-refractivity contribution in [3.05, 3.63) is 22.2 Å². The second kappa shape index (κ2) is 4.75. The molecule has 1 heterocycles. The maximum absolute atomic E-state index is 11.8. The van der Waals surface area contributed by atoms with Crippen molar-refractivity contribution in [2.75, 3.05) is 13.4 Å². The summed E-state index contributed by atoms with van der Waals surface area (Å²) in [5, 5.41) is 0. The first-order valence-electron chi connectivity index (χ1n) is 4.94. The van der Waals surface area contributed by atoms with Crippen LogP contribution in [0.25, 0.3) is 0 Å². The fraction of sp³-hybridized carbons (Fsp3) is 0.273. The van der Waals surface area contributed by atoms with E-state index in [1.165, 1.54) is 6.07 Å². The molecule has 1 aliphatic heterocycles. The zero-order valence-corrected chi connectivity index (χ0v) is 10.6. The summed E-state index contributed by atoms with van der Waals surface area (Å²) in [5.41, 5.74) is 0.144. The van der Waals surface area contributed by atoms with Crippen LogP contribution >= 0.6 is 15.9 Å². The molecule has 0 unspecified atom stereocenters. The molecule has 0 aromatic heterocycles. The van der Waals surface area contributed by atoms with Crippen molar-refractivity contribution >= 4 is 27.7 Å². The van der Waals surface area contributed by atoms with Crippen LogP contribution in [0, 0.1) is 0 Å². The number of ether oxygens (including phenoxy) is 3. The third-order valence-electron chi connectivity index (χ3n) is 2.14. The quantitative estimate of drug-likeness (QED) is 0.485. The van der Waals surface area contributed by atoms with Gasteiger partial charge in [0.15, 0.2) is 11.5 Å². The van der Waals surface area contributed by atoms with E-state index < -0.39 is 11.8 Å². The van der Waals surface area contributed by atoms with Gasteiger partial charge in [-0.15, -0.1) is 0 Å². The first-order valence-corrected chi connectivity index (χ1v) is 5.73. The second-order valence-corrected chi connectivity index (χ2v) is 4.15. The number of hydrogen-bond acceptors (Lipinski definition) is 5. The number of benzene rings is 1. The van der Waals surface area contributed by atoms with Crippen LogP contribution in [-0.2, 0) is 9.53 Å². The van der Waals surface area contributed by atoms with Crippen LogP contribution in [0.3, 0.4) is 0 Å². The van der Waals surface area contributed by atoms with E-state index in [0.29, 0.717) is 10.2 Å². The molecule has 0 spiro atoms. The third kappa shape index (κ3) is 2.26. The molecule has 1 aromatic carbocycles. The summed E-state index contributed by atoms with van der Waals surface area (Å²) in [6, 6.07) is 3.18. The largest absolute Gasteiger partial charge is 0.460 e. The van der Waals surface area contributed by atoms with Crippen molar-refractivity contribution in [1.29, 1.82) is 0 Å². The van der Waals surface area contributed by atoms with Gasteiger partial charge in [-0.1, -0.05) is 15.9 Å². The molecular formula is C11H9BrO5. The Morgan fingerprint density at radius 3 is 2.88 bits per heavy atom. The Morgan fingerprint density at radius 2 is 2.18 bits per heavy atom. The topological polar surface area (TPSA) is 61.8 Å². The first-order chi connectivity index (χ1) is 8.13. The lowest BCUT2D eigenvalue weighted by Crippen LogP contribution is -2.18. The van der Waals surface area contributed by atoms with E-state index in [2.05, 4.69) is 20.7 Å². The average Bonchev–Trinajstić information content (AvgIpc) is 2.75. The first kappa shape index (κ1) is 11.9. The number of ketones is 1. The Kier molecular flexibility index (Phi) is 3.33. The van der Waals surface area contributed by atoms with Crippen LogP contribution in [0.2, 0.25) is 0 Å². The highest BCUT2D eigenvalue weighted by Gasteiger charge is 2.27. The molecule has 5 nitrogen and oxygen atoms in total. The molecule has 90 valence electrons. The Morgan fingerprint density at radius 1 is 1.41 bits per heavy atom.